The quantitative estimate of drug-likeness (QED) is 0.306. The van der Waals surface area contributed by atoms with E-state index in [-0.39, 0.29) is 5.97 Å². The van der Waals surface area contributed by atoms with Gasteiger partial charge in [0.2, 0.25) is 0 Å². The van der Waals surface area contributed by atoms with Gasteiger partial charge in [0.25, 0.3) is 0 Å². The van der Waals surface area contributed by atoms with Gasteiger partial charge in [-0.3, -0.25) is 0 Å². The molecule has 0 fully saturated rings. The molecule has 1 unspecified atom stereocenters. The standard InChI is InChI=1S/C10H20NO3/c1-8(2)10(13)14-7-6-11(4,5)9(3)12/h9,12H,1,6-7H2,2-5H3/q+1. The lowest BCUT2D eigenvalue weighted by atomic mass is 10.3. The van der Waals surface area contributed by atoms with E-state index >= 15 is 0 Å². The van der Waals surface area contributed by atoms with Crippen LogP contribution in [-0.4, -0.2) is 49.0 Å². The molecule has 1 N–H and O–H groups in total. The van der Waals surface area contributed by atoms with Gasteiger partial charge in [0.15, 0.2) is 6.23 Å². The normalized spacial score (nSPS) is 13.5. The number of aliphatic hydroxyl groups is 1. The van der Waals surface area contributed by atoms with Gasteiger partial charge in [-0.2, -0.15) is 0 Å². The zero-order valence-electron chi connectivity index (χ0n) is 9.41. The molecule has 14 heavy (non-hydrogen) atoms. The molecule has 0 aliphatic carbocycles. The Hall–Kier alpha value is -0.870. The Bertz CT molecular complexity index is 221. The van der Waals surface area contributed by atoms with E-state index in [0.717, 1.165) is 0 Å². The topological polar surface area (TPSA) is 46.5 Å². The lowest BCUT2D eigenvalue weighted by Gasteiger charge is -2.32. The maximum Gasteiger partial charge on any atom is 0.333 e. The number of rotatable bonds is 5. The highest BCUT2D eigenvalue weighted by Crippen LogP contribution is 2.03. The Morgan fingerprint density at radius 2 is 2.07 bits per heavy atom. The third-order valence-corrected chi connectivity index (χ3v) is 2.26. The summed E-state index contributed by atoms with van der Waals surface area (Å²) in [6, 6.07) is 0. The van der Waals surface area contributed by atoms with Gasteiger partial charge in [-0.25, -0.2) is 4.79 Å². The number of esters is 1. The van der Waals surface area contributed by atoms with E-state index in [1.807, 2.05) is 14.1 Å². The first kappa shape index (κ1) is 13.1. The van der Waals surface area contributed by atoms with E-state index < -0.39 is 6.23 Å². The molecule has 0 saturated heterocycles. The van der Waals surface area contributed by atoms with Crippen molar-refractivity contribution in [3.8, 4) is 0 Å². The van der Waals surface area contributed by atoms with Gasteiger partial charge in [-0.1, -0.05) is 6.58 Å². The van der Waals surface area contributed by atoms with Crippen molar-refractivity contribution in [1.29, 1.82) is 0 Å². The van der Waals surface area contributed by atoms with Crippen molar-refractivity contribution in [3.63, 3.8) is 0 Å². The Morgan fingerprint density at radius 1 is 1.57 bits per heavy atom. The van der Waals surface area contributed by atoms with Gasteiger partial charge in [-0.05, 0) is 6.92 Å². The van der Waals surface area contributed by atoms with Crippen molar-refractivity contribution >= 4 is 5.97 Å². The Kier molecular flexibility index (Phi) is 4.80. The summed E-state index contributed by atoms with van der Waals surface area (Å²) in [6.07, 6.45) is -0.474. The molecule has 0 aliphatic heterocycles. The fourth-order valence-corrected chi connectivity index (χ4v) is 0.684. The van der Waals surface area contributed by atoms with Crippen molar-refractivity contribution in [2.24, 2.45) is 0 Å². The molecule has 0 spiro atoms. The Labute approximate surface area is 85.4 Å². The van der Waals surface area contributed by atoms with Gasteiger partial charge < -0.3 is 14.3 Å². The minimum atomic E-state index is -0.474. The number of hydrogen-bond acceptors (Lipinski definition) is 3. The van der Waals surface area contributed by atoms with Crippen LogP contribution in [0.5, 0.6) is 0 Å². The monoisotopic (exact) mass is 202 g/mol. The SMILES string of the molecule is C=C(C)C(=O)OCC[N+](C)(C)C(C)O. The molecule has 0 radical (unpaired) electrons. The van der Waals surface area contributed by atoms with Crippen molar-refractivity contribution in [2.75, 3.05) is 27.2 Å². The molecule has 0 rings (SSSR count). The highest BCUT2D eigenvalue weighted by atomic mass is 16.5. The first-order chi connectivity index (χ1) is 6.27. The predicted octanol–water partition coefficient (Wildman–Crippen LogP) is 0.520. The molecule has 0 aromatic heterocycles. The molecule has 0 aliphatic rings. The van der Waals surface area contributed by atoms with Crippen LogP contribution in [0.2, 0.25) is 0 Å². The van der Waals surface area contributed by atoms with Gasteiger partial charge in [-0.15, -0.1) is 0 Å². The highest BCUT2D eigenvalue weighted by Gasteiger charge is 2.21. The lowest BCUT2D eigenvalue weighted by Crippen LogP contribution is -2.49. The van der Waals surface area contributed by atoms with Crippen LogP contribution in [-0.2, 0) is 9.53 Å². The largest absolute Gasteiger partial charge is 0.456 e. The lowest BCUT2D eigenvalue weighted by molar-refractivity contribution is -0.934. The average molecular weight is 202 g/mol. The number of nitrogens with zero attached hydrogens (tertiary/aromatic N) is 1. The summed E-state index contributed by atoms with van der Waals surface area (Å²) in [6.45, 7) is 7.67. The summed E-state index contributed by atoms with van der Waals surface area (Å²) >= 11 is 0. The maximum atomic E-state index is 11.0. The molecule has 4 nitrogen and oxygen atoms in total. The van der Waals surface area contributed by atoms with Crippen LogP contribution >= 0.6 is 0 Å². The van der Waals surface area contributed by atoms with Crippen LogP contribution in [0.1, 0.15) is 13.8 Å². The molecule has 0 aromatic rings. The van der Waals surface area contributed by atoms with Crippen molar-refractivity contribution < 1.29 is 19.1 Å². The summed E-state index contributed by atoms with van der Waals surface area (Å²) in [5, 5.41) is 9.37. The molecular weight excluding hydrogens is 182 g/mol. The van der Waals surface area contributed by atoms with Crippen LogP contribution in [0.25, 0.3) is 0 Å². The molecule has 0 amide bonds. The van der Waals surface area contributed by atoms with Crippen LogP contribution in [0.4, 0.5) is 0 Å². The van der Waals surface area contributed by atoms with Gasteiger partial charge in [0, 0.05) is 12.5 Å². The van der Waals surface area contributed by atoms with Gasteiger partial charge >= 0.3 is 5.97 Å². The molecule has 1 atom stereocenters. The summed E-state index contributed by atoms with van der Waals surface area (Å²) in [5.41, 5.74) is 0.396. The molecule has 0 aromatic carbocycles. The Balaban J connectivity index is 3.85. The van der Waals surface area contributed by atoms with E-state index in [1.54, 1.807) is 13.8 Å². The number of likely N-dealkylation sites (N-methyl/N-ethyl adjacent to an activating group) is 1. The third kappa shape index (κ3) is 4.39. The second-order valence-corrected chi connectivity index (χ2v) is 4.05. The zero-order chi connectivity index (χ0) is 11.4. The van der Waals surface area contributed by atoms with Crippen LogP contribution in [0.15, 0.2) is 12.2 Å². The van der Waals surface area contributed by atoms with Crippen molar-refractivity contribution in [1.82, 2.24) is 0 Å². The van der Waals surface area contributed by atoms with E-state index in [9.17, 15) is 9.90 Å². The van der Waals surface area contributed by atoms with E-state index in [4.69, 9.17) is 4.74 Å². The molecule has 82 valence electrons. The molecule has 0 saturated carbocycles. The fourth-order valence-electron chi connectivity index (χ4n) is 0.684. The molecule has 4 heteroatoms. The van der Waals surface area contributed by atoms with Crippen LogP contribution in [0.3, 0.4) is 0 Å². The summed E-state index contributed by atoms with van der Waals surface area (Å²) < 4.78 is 5.33. The number of quaternary nitrogens is 1. The molecular formula is C10H20NO3+. The van der Waals surface area contributed by atoms with E-state index in [0.29, 0.717) is 23.2 Å². The average Bonchev–Trinajstić information content (AvgIpc) is 2.03. The van der Waals surface area contributed by atoms with E-state index in [1.165, 1.54) is 0 Å². The first-order valence-electron chi connectivity index (χ1n) is 4.60. The Morgan fingerprint density at radius 3 is 2.43 bits per heavy atom. The van der Waals surface area contributed by atoms with E-state index in [2.05, 4.69) is 6.58 Å². The minimum absolute atomic E-state index is 0.295. The smallest absolute Gasteiger partial charge is 0.333 e. The van der Waals surface area contributed by atoms with Crippen LogP contribution in [0, 0.1) is 0 Å². The fraction of sp³-hybridized carbons (Fsp3) is 0.700. The zero-order valence-corrected chi connectivity index (χ0v) is 9.41. The summed E-state index contributed by atoms with van der Waals surface area (Å²) in [5.74, 6) is -0.379. The molecule has 0 bridgehead atoms. The number of aliphatic hydroxyl groups excluding tert-OH is 1. The summed E-state index contributed by atoms with van der Waals surface area (Å²) in [7, 11) is 3.75. The number of hydrogen-bond donors (Lipinski definition) is 1. The van der Waals surface area contributed by atoms with Crippen molar-refractivity contribution in [2.45, 2.75) is 20.1 Å². The maximum absolute atomic E-state index is 11.0. The minimum Gasteiger partial charge on any atom is -0.456 e. The third-order valence-electron chi connectivity index (χ3n) is 2.26. The van der Waals surface area contributed by atoms with Gasteiger partial charge in [0.05, 0.1) is 14.1 Å². The molecule has 0 heterocycles. The summed E-state index contributed by atoms with van der Waals surface area (Å²) in [4.78, 5) is 11.0. The number of carbonyl (C=O) groups is 1. The predicted molar refractivity (Wildman–Crippen MR) is 54.4 cm³/mol. The highest BCUT2D eigenvalue weighted by molar-refractivity contribution is 5.86. The number of carbonyl (C=O) groups excluding carboxylic acids is 1. The second kappa shape index (κ2) is 5.12. The van der Waals surface area contributed by atoms with Crippen molar-refractivity contribution in [3.05, 3.63) is 12.2 Å². The second-order valence-electron chi connectivity index (χ2n) is 4.05. The number of ether oxygens (including phenoxy) is 1. The van der Waals surface area contributed by atoms with Gasteiger partial charge in [0.1, 0.15) is 13.2 Å². The first-order valence-corrected chi connectivity index (χ1v) is 4.60. The van der Waals surface area contributed by atoms with Crippen LogP contribution < -0.4 is 0 Å².